The third kappa shape index (κ3) is 2.69. The number of nitrogens with one attached hydrogen (secondary N) is 1. The Morgan fingerprint density at radius 1 is 1.27 bits per heavy atom. The second-order valence-corrected chi connectivity index (χ2v) is 6.59. The summed E-state index contributed by atoms with van der Waals surface area (Å²) in [4.78, 5) is 18.1. The van der Waals surface area contributed by atoms with Crippen molar-refractivity contribution in [2.24, 2.45) is 0 Å². The summed E-state index contributed by atoms with van der Waals surface area (Å²) in [7, 11) is 1.60. The molecule has 26 heavy (non-hydrogen) atoms. The molecule has 0 unspecified atom stereocenters. The summed E-state index contributed by atoms with van der Waals surface area (Å²) in [5.41, 5.74) is 1.31. The number of methoxy groups -OCH3 is 1. The lowest BCUT2D eigenvalue weighted by molar-refractivity contribution is 0.311. The molecule has 0 aliphatic rings. The number of benzene rings is 1. The highest BCUT2D eigenvalue weighted by Crippen LogP contribution is 2.34. The van der Waals surface area contributed by atoms with E-state index in [0.717, 1.165) is 21.3 Å². The molecule has 0 saturated carbocycles. The SMILES string of the molecule is COc1ccc(-n2ncc3c(sc4nccc(NCCO)c43)c2=O)cc1. The average molecular weight is 368 g/mol. The quantitative estimate of drug-likeness (QED) is 0.562. The van der Waals surface area contributed by atoms with Crippen molar-refractivity contribution in [3.05, 3.63) is 53.1 Å². The largest absolute Gasteiger partial charge is 0.497 e. The van der Waals surface area contributed by atoms with Gasteiger partial charge in [0.25, 0.3) is 5.56 Å². The summed E-state index contributed by atoms with van der Waals surface area (Å²) in [6.45, 7) is 0.446. The molecular formula is C18H16N4O3S. The van der Waals surface area contributed by atoms with Crippen molar-refractivity contribution >= 4 is 37.3 Å². The van der Waals surface area contributed by atoms with E-state index in [1.807, 2.05) is 6.07 Å². The van der Waals surface area contributed by atoms with Crippen LogP contribution in [0.1, 0.15) is 0 Å². The Labute approximate surface area is 152 Å². The van der Waals surface area contributed by atoms with Gasteiger partial charge in [-0.3, -0.25) is 4.79 Å². The minimum absolute atomic E-state index is 0.0222. The van der Waals surface area contributed by atoms with Gasteiger partial charge in [-0.1, -0.05) is 0 Å². The monoisotopic (exact) mass is 368 g/mol. The first-order valence-electron chi connectivity index (χ1n) is 8.01. The van der Waals surface area contributed by atoms with Crippen molar-refractivity contribution in [3.63, 3.8) is 0 Å². The molecule has 4 rings (SSSR count). The molecule has 1 aromatic carbocycles. The number of hydrogen-bond donors (Lipinski definition) is 2. The summed E-state index contributed by atoms with van der Waals surface area (Å²) in [6, 6.07) is 8.99. The number of anilines is 1. The zero-order valence-electron chi connectivity index (χ0n) is 14.0. The van der Waals surface area contributed by atoms with Gasteiger partial charge in [0.15, 0.2) is 0 Å². The van der Waals surface area contributed by atoms with Crippen LogP contribution >= 0.6 is 11.3 Å². The maximum atomic E-state index is 13.0. The van der Waals surface area contributed by atoms with Crippen LogP contribution in [-0.2, 0) is 0 Å². The molecule has 0 aliphatic carbocycles. The van der Waals surface area contributed by atoms with E-state index < -0.39 is 0 Å². The Morgan fingerprint density at radius 3 is 2.81 bits per heavy atom. The molecule has 0 amide bonds. The molecule has 0 atom stereocenters. The summed E-state index contributed by atoms with van der Waals surface area (Å²) >= 11 is 1.34. The molecule has 3 heterocycles. The van der Waals surface area contributed by atoms with Crippen LogP contribution in [0.25, 0.3) is 26.0 Å². The van der Waals surface area contributed by atoms with Crippen LogP contribution < -0.4 is 15.6 Å². The van der Waals surface area contributed by atoms with Crippen molar-refractivity contribution in [2.45, 2.75) is 0 Å². The van der Waals surface area contributed by atoms with Gasteiger partial charge in [0, 0.05) is 29.2 Å². The smallest absolute Gasteiger partial charge is 0.289 e. The molecule has 0 bridgehead atoms. The number of thiophene rings is 1. The molecule has 0 aliphatic heterocycles. The topological polar surface area (TPSA) is 89.3 Å². The average Bonchev–Trinajstić information content (AvgIpc) is 3.07. The third-order valence-corrected chi connectivity index (χ3v) is 5.16. The first kappa shape index (κ1) is 16.5. The number of ether oxygens (including phenoxy) is 1. The van der Waals surface area contributed by atoms with Crippen LogP contribution in [0, 0.1) is 0 Å². The lowest BCUT2D eigenvalue weighted by Crippen LogP contribution is -2.19. The molecule has 8 heteroatoms. The van der Waals surface area contributed by atoms with Crippen molar-refractivity contribution in [3.8, 4) is 11.4 Å². The highest BCUT2D eigenvalue weighted by atomic mass is 32.1. The lowest BCUT2D eigenvalue weighted by atomic mass is 10.2. The van der Waals surface area contributed by atoms with Crippen molar-refractivity contribution in [2.75, 3.05) is 25.6 Å². The van der Waals surface area contributed by atoms with Crippen LogP contribution in [0.15, 0.2) is 47.5 Å². The number of aliphatic hydroxyl groups is 1. The van der Waals surface area contributed by atoms with E-state index in [1.165, 1.54) is 16.0 Å². The Balaban J connectivity index is 1.90. The van der Waals surface area contributed by atoms with Gasteiger partial charge in [0.1, 0.15) is 15.3 Å². The molecule has 132 valence electrons. The van der Waals surface area contributed by atoms with Gasteiger partial charge >= 0.3 is 0 Å². The van der Waals surface area contributed by atoms with Gasteiger partial charge in [-0.05, 0) is 30.3 Å². The van der Waals surface area contributed by atoms with Gasteiger partial charge in [0.2, 0.25) is 0 Å². The van der Waals surface area contributed by atoms with Gasteiger partial charge in [-0.15, -0.1) is 11.3 Å². The molecule has 0 fully saturated rings. The minimum atomic E-state index is -0.191. The molecular weight excluding hydrogens is 352 g/mol. The fourth-order valence-corrected chi connectivity index (χ4v) is 3.90. The molecule has 3 aromatic heterocycles. The Bertz CT molecular complexity index is 1140. The fourth-order valence-electron chi connectivity index (χ4n) is 2.84. The summed E-state index contributed by atoms with van der Waals surface area (Å²) in [5, 5.41) is 18.2. The summed E-state index contributed by atoms with van der Waals surface area (Å²) < 4.78 is 7.12. The predicted molar refractivity (Wildman–Crippen MR) is 103 cm³/mol. The summed E-state index contributed by atoms with van der Waals surface area (Å²) in [5.74, 6) is 0.716. The molecule has 0 spiro atoms. The van der Waals surface area contributed by atoms with Crippen molar-refractivity contribution < 1.29 is 9.84 Å². The molecule has 0 saturated heterocycles. The number of fused-ring (bicyclic) bond motifs is 3. The molecule has 2 N–H and O–H groups in total. The van der Waals surface area contributed by atoms with E-state index >= 15 is 0 Å². The van der Waals surface area contributed by atoms with Crippen molar-refractivity contribution in [1.82, 2.24) is 14.8 Å². The number of aromatic nitrogens is 3. The van der Waals surface area contributed by atoms with Crippen LogP contribution in [-0.4, -0.2) is 40.1 Å². The van der Waals surface area contributed by atoms with E-state index in [-0.39, 0.29) is 12.2 Å². The fraction of sp³-hybridized carbons (Fsp3) is 0.167. The first-order chi connectivity index (χ1) is 12.7. The Kier molecular flexibility index (Phi) is 4.27. The Morgan fingerprint density at radius 2 is 2.08 bits per heavy atom. The second-order valence-electron chi connectivity index (χ2n) is 5.59. The maximum absolute atomic E-state index is 13.0. The van der Waals surface area contributed by atoms with Gasteiger partial charge in [-0.2, -0.15) is 9.78 Å². The third-order valence-electron chi connectivity index (χ3n) is 4.06. The molecule has 7 nitrogen and oxygen atoms in total. The van der Waals surface area contributed by atoms with Crippen LogP contribution in [0.2, 0.25) is 0 Å². The number of nitrogens with zero attached hydrogens (tertiary/aromatic N) is 3. The first-order valence-corrected chi connectivity index (χ1v) is 8.83. The number of hydrogen-bond acceptors (Lipinski definition) is 7. The maximum Gasteiger partial charge on any atom is 0.289 e. The number of pyridine rings is 1. The molecule has 4 aromatic rings. The minimum Gasteiger partial charge on any atom is -0.497 e. The van der Waals surface area contributed by atoms with Gasteiger partial charge in [0.05, 0.1) is 25.6 Å². The standard InChI is InChI=1S/C18H16N4O3S/c1-25-12-4-2-11(3-5-12)22-18(24)16-13(10-21-22)15-14(19-8-9-23)6-7-20-17(15)26-16/h2-7,10,23H,8-9H2,1H3,(H,19,20). The normalized spacial score (nSPS) is 11.2. The highest BCUT2D eigenvalue weighted by Gasteiger charge is 2.15. The van der Waals surface area contributed by atoms with Crippen molar-refractivity contribution in [1.29, 1.82) is 0 Å². The zero-order chi connectivity index (χ0) is 18.1. The van der Waals surface area contributed by atoms with E-state index in [4.69, 9.17) is 9.84 Å². The second kappa shape index (κ2) is 6.74. The van der Waals surface area contributed by atoms with Crippen LogP contribution in [0.4, 0.5) is 5.69 Å². The number of aliphatic hydroxyl groups excluding tert-OH is 1. The predicted octanol–water partition coefficient (Wildman–Crippen LogP) is 2.41. The van der Waals surface area contributed by atoms with E-state index in [2.05, 4.69) is 15.4 Å². The lowest BCUT2D eigenvalue weighted by Gasteiger charge is -2.07. The van der Waals surface area contributed by atoms with Crippen LogP contribution in [0.3, 0.4) is 0 Å². The van der Waals surface area contributed by atoms with Gasteiger partial charge in [-0.25, -0.2) is 4.98 Å². The Hall–Kier alpha value is -2.97. The summed E-state index contributed by atoms with van der Waals surface area (Å²) in [6.07, 6.45) is 3.37. The van der Waals surface area contributed by atoms with E-state index in [0.29, 0.717) is 22.7 Å². The van der Waals surface area contributed by atoms with Crippen LogP contribution in [0.5, 0.6) is 5.75 Å². The molecule has 0 radical (unpaired) electrons. The van der Waals surface area contributed by atoms with E-state index in [9.17, 15) is 4.79 Å². The highest BCUT2D eigenvalue weighted by molar-refractivity contribution is 7.25. The van der Waals surface area contributed by atoms with Gasteiger partial charge < -0.3 is 15.2 Å². The number of rotatable bonds is 5. The van der Waals surface area contributed by atoms with E-state index in [1.54, 1.807) is 43.8 Å². The zero-order valence-corrected chi connectivity index (χ0v) is 14.8.